The van der Waals surface area contributed by atoms with Crippen molar-refractivity contribution in [2.24, 2.45) is 11.8 Å². The van der Waals surface area contributed by atoms with Gasteiger partial charge < -0.3 is 10.1 Å². The summed E-state index contributed by atoms with van der Waals surface area (Å²) in [5.41, 5.74) is 0.661. The number of benzene rings is 1. The first kappa shape index (κ1) is 16.8. The van der Waals surface area contributed by atoms with Gasteiger partial charge in [0.2, 0.25) is 0 Å². The molecule has 1 aromatic rings. The van der Waals surface area contributed by atoms with Gasteiger partial charge in [-0.25, -0.2) is 0 Å². The second kappa shape index (κ2) is 8.18. The lowest BCUT2D eigenvalue weighted by Gasteiger charge is -2.30. The highest BCUT2D eigenvalue weighted by Gasteiger charge is 2.24. The second-order valence-corrected chi connectivity index (χ2v) is 7.02. The Hall–Kier alpha value is -0.550. The third-order valence-corrected chi connectivity index (χ3v) is 5.65. The molecule has 1 aliphatic rings. The predicted octanol–water partition coefficient (Wildman–Crippen LogP) is 4.39. The van der Waals surface area contributed by atoms with Crippen LogP contribution in [0.4, 0.5) is 0 Å². The molecule has 116 valence electrons. The van der Waals surface area contributed by atoms with Gasteiger partial charge in [0.1, 0.15) is 5.75 Å². The maximum atomic E-state index is 12.2. The number of rotatable bonds is 5. The van der Waals surface area contributed by atoms with E-state index in [1.54, 1.807) is 25.3 Å². The van der Waals surface area contributed by atoms with Crippen molar-refractivity contribution in [3.63, 3.8) is 0 Å². The van der Waals surface area contributed by atoms with Crippen molar-refractivity contribution in [2.45, 2.75) is 25.7 Å². The van der Waals surface area contributed by atoms with E-state index in [-0.39, 0.29) is 5.91 Å². The average Bonchev–Trinajstić information content (AvgIpc) is 2.52. The van der Waals surface area contributed by atoms with Gasteiger partial charge in [-0.3, -0.25) is 4.79 Å². The summed E-state index contributed by atoms with van der Waals surface area (Å²) >= 11 is 7.01. The molecule has 0 aromatic heterocycles. The van der Waals surface area contributed by atoms with Gasteiger partial charge in [0.25, 0.3) is 5.91 Å². The van der Waals surface area contributed by atoms with Gasteiger partial charge in [-0.15, -0.1) is 0 Å². The summed E-state index contributed by atoms with van der Waals surface area (Å²) < 4.78 is 5.98. The third kappa shape index (κ3) is 4.46. The molecule has 0 saturated heterocycles. The monoisotopic (exact) mass is 417 g/mol. The van der Waals surface area contributed by atoms with Crippen molar-refractivity contribution in [3.05, 3.63) is 28.2 Å². The van der Waals surface area contributed by atoms with Crippen LogP contribution in [0.2, 0.25) is 0 Å². The molecule has 2 atom stereocenters. The Morgan fingerprint density at radius 1 is 1.33 bits per heavy atom. The van der Waals surface area contributed by atoms with E-state index in [0.717, 1.165) is 22.1 Å². The summed E-state index contributed by atoms with van der Waals surface area (Å²) in [7, 11) is 1.61. The summed E-state index contributed by atoms with van der Waals surface area (Å²) in [4.78, 5) is 12.2. The Balaban J connectivity index is 1.93. The number of nitrogens with one attached hydrogen (secondary N) is 1. The van der Waals surface area contributed by atoms with Gasteiger partial charge in [-0.05, 0) is 58.8 Å². The van der Waals surface area contributed by atoms with Gasteiger partial charge in [0.15, 0.2) is 0 Å². The van der Waals surface area contributed by atoms with Crippen molar-refractivity contribution < 1.29 is 9.53 Å². The van der Waals surface area contributed by atoms with E-state index >= 15 is 0 Å². The average molecular weight is 419 g/mol. The molecule has 1 aliphatic carbocycles. The number of halogens is 2. The van der Waals surface area contributed by atoms with Crippen LogP contribution >= 0.6 is 31.9 Å². The Morgan fingerprint density at radius 3 is 2.67 bits per heavy atom. The molecule has 1 fully saturated rings. The molecule has 1 aromatic carbocycles. The van der Waals surface area contributed by atoms with Gasteiger partial charge in [0, 0.05) is 17.4 Å². The number of alkyl halides is 1. The van der Waals surface area contributed by atoms with E-state index < -0.39 is 0 Å². The lowest BCUT2D eigenvalue weighted by atomic mass is 9.80. The molecular formula is C16H21Br2NO2. The summed E-state index contributed by atoms with van der Waals surface area (Å²) in [6.07, 6.45) is 5.06. The van der Waals surface area contributed by atoms with E-state index in [9.17, 15) is 4.79 Å². The fourth-order valence-electron chi connectivity index (χ4n) is 2.89. The van der Waals surface area contributed by atoms with E-state index in [4.69, 9.17) is 4.74 Å². The highest BCUT2D eigenvalue weighted by atomic mass is 79.9. The zero-order valence-corrected chi connectivity index (χ0v) is 15.4. The summed E-state index contributed by atoms with van der Waals surface area (Å²) in [6.45, 7) is 0.763. The van der Waals surface area contributed by atoms with Crippen LogP contribution < -0.4 is 10.1 Å². The fourth-order valence-corrected chi connectivity index (χ4v) is 4.28. The van der Waals surface area contributed by atoms with Crippen LogP contribution in [0.1, 0.15) is 36.0 Å². The molecule has 0 spiro atoms. The number of ether oxygens (including phenoxy) is 1. The van der Waals surface area contributed by atoms with Crippen LogP contribution in [0.15, 0.2) is 22.7 Å². The Morgan fingerprint density at radius 2 is 2.05 bits per heavy atom. The van der Waals surface area contributed by atoms with Crippen LogP contribution in [0.25, 0.3) is 0 Å². The number of carbonyl (C=O) groups excluding carboxylic acids is 1. The molecule has 1 amide bonds. The molecule has 1 N–H and O–H groups in total. The molecule has 5 heteroatoms. The van der Waals surface area contributed by atoms with E-state index in [2.05, 4.69) is 37.2 Å². The predicted molar refractivity (Wildman–Crippen MR) is 92.3 cm³/mol. The largest absolute Gasteiger partial charge is 0.496 e. The fraction of sp³-hybridized carbons (Fsp3) is 0.562. The van der Waals surface area contributed by atoms with Crippen LogP contribution in [-0.2, 0) is 0 Å². The molecule has 0 aliphatic heterocycles. The highest BCUT2D eigenvalue weighted by Crippen LogP contribution is 2.31. The zero-order valence-electron chi connectivity index (χ0n) is 12.2. The van der Waals surface area contributed by atoms with E-state index in [1.165, 1.54) is 25.7 Å². The minimum atomic E-state index is -0.0164. The minimum absolute atomic E-state index is 0.0164. The topological polar surface area (TPSA) is 38.3 Å². The quantitative estimate of drug-likeness (QED) is 0.720. The van der Waals surface area contributed by atoms with Crippen molar-refractivity contribution >= 4 is 37.8 Å². The van der Waals surface area contributed by atoms with E-state index in [1.807, 2.05) is 0 Å². The molecule has 2 unspecified atom stereocenters. The van der Waals surface area contributed by atoms with Gasteiger partial charge in [-0.1, -0.05) is 28.8 Å². The van der Waals surface area contributed by atoms with E-state index in [0.29, 0.717) is 17.4 Å². The number of amides is 1. The summed E-state index contributed by atoms with van der Waals surface area (Å²) in [5.74, 6) is 1.99. The molecule has 0 heterocycles. The highest BCUT2D eigenvalue weighted by molar-refractivity contribution is 9.10. The smallest absolute Gasteiger partial charge is 0.251 e. The number of hydrogen-bond donors (Lipinski definition) is 1. The van der Waals surface area contributed by atoms with Crippen LogP contribution in [0.5, 0.6) is 5.75 Å². The molecule has 0 radical (unpaired) electrons. The van der Waals surface area contributed by atoms with Gasteiger partial charge >= 0.3 is 0 Å². The first-order valence-corrected chi connectivity index (χ1v) is 9.25. The lowest BCUT2D eigenvalue weighted by Crippen LogP contribution is -2.34. The number of methoxy groups -OCH3 is 1. The normalized spacial score (nSPS) is 21.9. The van der Waals surface area contributed by atoms with Crippen molar-refractivity contribution in [1.82, 2.24) is 5.32 Å². The Bertz CT molecular complexity index is 493. The first-order chi connectivity index (χ1) is 10.2. The standard InChI is InChI=1S/C16H21Br2NO2/c1-21-15-7-6-11(8-14(15)18)16(20)19-10-13-5-3-2-4-12(13)9-17/h6-8,12-13H,2-5,9-10H2,1H3,(H,19,20). The third-order valence-electron chi connectivity index (χ3n) is 4.20. The van der Waals surface area contributed by atoms with Crippen LogP contribution in [0, 0.1) is 11.8 Å². The maximum Gasteiger partial charge on any atom is 0.251 e. The van der Waals surface area contributed by atoms with Gasteiger partial charge in [-0.2, -0.15) is 0 Å². The maximum absolute atomic E-state index is 12.2. The molecule has 21 heavy (non-hydrogen) atoms. The number of hydrogen-bond acceptors (Lipinski definition) is 2. The molecule has 2 rings (SSSR count). The van der Waals surface area contributed by atoms with Gasteiger partial charge in [0.05, 0.1) is 11.6 Å². The first-order valence-electron chi connectivity index (χ1n) is 7.33. The van der Waals surface area contributed by atoms with Crippen molar-refractivity contribution in [2.75, 3.05) is 19.0 Å². The van der Waals surface area contributed by atoms with Crippen LogP contribution in [-0.4, -0.2) is 24.9 Å². The van der Waals surface area contributed by atoms with Crippen LogP contribution in [0.3, 0.4) is 0 Å². The van der Waals surface area contributed by atoms with Crippen molar-refractivity contribution in [3.8, 4) is 5.75 Å². The molecule has 1 saturated carbocycles. The second-order valence-electron chi connectivity index (χ2n) is 5.52. The molecule has 3 nitrogen and oxygen atoms in total. The van der Waals surface area contributed by atoms with Crippen molar-refractivity contribution in [1.29, 1.82) is 0 Å². The summed E-state index contributed by atoms with van der Waals surface area (Å²) in [6, 6.07) is 5.40. The molecule has 0 bridgehead atoms. The summed E-state index contributed by atoms with van der Waals surface area (Å²) in [5, 5.41) is 4.11. The number of carbonyl (C=O) groups is 1. The SMILES string of the molecule is COc1ccc(C(=O)NCC2CCCCC2CBr)cc1Br. The molecular weight excluding hydrogens is 398 g/mol. The zero-order chi connectivity index (χ0) is 15.2. The Kier molecular flexibility index (Phi) is 6.55. The minimum Gasteiger partial charge on any atom is -0.496 e. The lowest BCUT2D eigenvalue weighted by molar-refractivity contribution is 0.0937. The Labute approximate surface area is 143 Å².